The largest absolute Gasteiger partial charge is 0.396 e. The van der Waals surface area contributed by atoms with E-state index < -0.39 is 0 Å². The second-order valence-corrected chi connectivity index (χ2v) is 6.16. The smallest absolute Gasteiger partial charge is 0.255 e. The van der Waals surface area contributed by atoms with E-state index in [-0.39, 0.29) is 24.5 Å². The molecule has 0 aliphatic carbocycles. The van der Waals surface area contributed by atoms with E-state index in [1.54, 1.807) is 6.92 Å². The standard InChI is InChI=1S/C18H21N5O2/c1-9-7-14-12(4)20-17(21-15(14)8-10(9)2)23-18-19-11(3)13(5-6-24)16(25)22-18/h7-8,24H,5-6H2,1-4H3,(H2,19,20,21,22,23,25). The molecular weight excluding hydrogens is 318 g/mol. The monoisotopic (exact) mass is 339 g/mol. The fourth-order valence-electron chi connectivity index (χ4n) is 2.78. The Morgan fingerprint density at radius 1 is 1.04 bits per heavy atom. The Bertz CT molecular complexity index is 1010. The quantitative estimate of drug-likeness (QED) is 0.673. The van der Waals surface area contributed by atoms with Crippen molar-refractivity contribution in [2.45, 2.75) is 34.1 Å². The van der Waals surface area contributed by atoms with Crippen molar-refractivity contribution in [3.63, 3.8) is 0 Å². The van der Waals surface area contributed by atoms with Gasteiger partial charge in [-0.3, -0.25) is 15.1 Å². The van der Waals surface area contributed by atoms with Gasteiger partial charge in [-0.05, 0) is 51.0 Å². The molecule has 0 radical (unpaired) electrons. The van der Waals surface area contributed by atoms with Crippen molar-refractivity contribution in [2.24, 2.45) is 0 Å². The predicted octanol–water partition coefficient (Wildman–Crippen LogP) is 2.23. The third kappa shape index (κ3) is 3.36. The van der Waals surface area contributed by atoms with E-state index in [1.165, 1.54) is 5.56 Å². The number of hydrogen-bond acceptors (Lipinski definition) is 6. The minimum absolute atomic E-state index is 0.0931. The maximum Gasteiger partial charge on any atom is 0.255 e. The summed E-state index contributed by atoms with van der Waals surface area (Å²) in [5, 5.41) is 13.0. The molecule has 0 unspecified atom stereocenters. The molecule has 0 aliphatic rings. The van der Waals surface area contributed by atoms with Crippen molar-refractivity contribution >= 4 is 22.8 Å². The second kappa shape index (κ2) is 6.60. The van der Waals surface area contributed by atoms with Crippen LogP contribution in [0.25, 0.3) is 10.9 Å². The van der Waals surface area contributed by atoms with Crippen molar-refractivity contribution in [1.82, 2.24) is 19.9 Å². The lowest BCUT2D eigenvalue weighted by molar-refractivity contribution is 0.298. The second-order valence-electron chi connectivity index (χ2n) is 6.16. The average molecular weight is 339 g/mol. The zero-order valence-electron chi connectivity index (χ0n) is 14.8. The molecule has 7 nitrogen and oxygen atoms in total. The van der Waals surface area contributed by atoms with Gasteiger partial charge < -0.3 is 5.11 Å². The van der Waals surface area contributed by atoms with Gasteiger partial charge >= 0.3 is 0 Å². The molecule has 7 heteroatoms. The number of aromatic amines is 1. The third-order valence-corrected chi connectivity index (χ3v) is 4.32. The molecule has 3 N–H and O–H groups in total. The van der Waals surface area contributed by atoms with Crippen LogP contribution in [0.4, 0.5) is 11.9 Å². The zero-order valence-corrected chi connectivity index (χ0v) is 14.8. The van der Waals surface area contributed by atoms with Gasteiger partial charge in [0, 0.05) is 24.0 Å². The third-order valence-electron chi connectivity index (χ3n) is 4.32. The Hall–Kier alpha value is -2.80. The maximum atomic E-state index is 12.1. The molecule has 0 fully saturated rings. The molecular formula is C18H21N5O2. The van der Waals surface area contributed by atoms with Crippen LogP contribution >= 0.6 is 0 Å². The lowest BCUT2D eigenvalue weighted by atomic mass is 10.1. The van der Waals surface area contributed by atoms with Crippen molar-refractivity contribution in [1.29, 1.82) is 0 Å². The number of aryl methyl sites for hydroxylation is 4. The average Bonchev–Trinajstić information content (AvgIpc) is 2.53. The summed E-state index contributed by atoms with van der Waals surface area (Å²) < 4.78 is 0. The van der Waals surface area contributed by atoms with E-state index in [0.29, 0.717) is 17.2 Å². The summed E-state index contributed by atoms with van der Waals surface area (Å²) in [5.41, 5.74) is 4.83. The molecule has 0 amide bonds. The van der Waals surface area contributed by atoms with Crippen LogP contribution in [0.5, 0.6) is 0 Å². The lowest BCUT2D eigenvalue weighted by Crippen LogP contribution is -2.19. The van der Waals surface area contributed by atoms with Crippen molar-refractivity contribution < 1.29 is 5.11 Å². The fraction of sp³-hybridized carbons (Fsp3) is 0.333. The first kappa shape index (κ1) is 17.0. The van der Waals surface area contributed by atoms with Gasteiger partial charge in [0.05, 0.1) is 16.9 Å². The molecule has 0 saturated carbocycles. The van der Waals surface area contributed by atoms with Crippen LogP contribution in [0.3, 0.4) is 0 Å². The number of nitrogens with one attached hydrogen (secondary N) is 2. The minimum atomic E-state index is -0.270. The molecule has 3 aromatic rings. The van der Waals surface area contributed by atoms with Crippen LogP contribution in [-0.4, -0.2) is 31.6 Å². The summed E-state index contributed by atoms with van der Waals surface area (Å²) in [7, 11) is 0. The molecule has 0 bridgehead atoms. The number of hydrogen-bond donors (Lipinski definition) is 3. The van der Waals surface area contributed by atoms with E-state index in [2.05, 4.69) is 38.2 Å². The molecule has 1 aromatic carbocycles. The van der Waals surface area contributed by atoms with E-state index in [0.717, 1.165) is 22.2 Å². The number of aliphatic hydroxyl groups is 1. The van der Waals surface area contributed by atoms with Crippen LogP contribution < -0.4 is 10.9 Å². The van der Waals surface area contributed by atoms with Gasteiger partial charge in [0.2, 0.25) is 11.9 Å². The minimum Gasteiger partial charge on any atom is -0.396 e. The number of rotatable bonds is 4. The van der Waals surface area contributed by atoms with Crippen LogP contribution in [0.2, 0.25) is 0 Å². The summed E-state index contributed by atoms with van der Waals surface area (Å²) in [4.78, 5) is 28.1. The molecule has 0 saturated heterocycles. The molecule has 130 valence electrons. The lowest BCUT2D eigenvalue weighted by Gasteiger charge is -2.10. The number of H-pyrrole nitrogens is 1. The molecule has 0 atom stereocenters. The highest BCUT2D eigenvalue weighted by Crippen LogP contribution is 2.22. The SMILES string of the molecule is Cc1cc2nc(Nc3nc(C)c(CCO)c(=O)[nH]3)nc(C)c2cc1C. The topological polar surface area (TPSA) is 104 Å². The van der Waals surface area contributed by atoms with Gasteiger partial charge in [-0.15, -0.1) is 0 Å². The zero-order chi connectivity index (χ0) is 18.1. The number of aromatic nitrogens is 4. The highest BCUT2D eigenvalue weighted by Gasteiger charge is 2.11. The summed E-state index contributed by atoms with van der Waals surface area (Å²) >= 11 is 0. The Kier molecular flexibility index (Phi) is 4.50. The number of nitrogens with zero attached hydrogens (tertiary/aromatic N) is 3. The Morgan fingerprint density at radius 3 is 2.44 bits per heavy atom. The molecule has 0 aliphatic heterocycles. The molecule has 2 heterocycles. The van der Waals surface area contributed by atoms with E-state index in [1.807, 2.05) is 19.9 Å². The highest BCUT2D eigenvalue weighted by atomic mass is 16.3. The van der Waals surface area contributed by atoms with Crippen LogP contribution in [0.15, 0.2) is 16.9 Å². The number of anilines is 2. The van der Waals surface area contributed by atoms with Crippen molar-refractivity contribution in [2.75, 3.05) is 11.9 Å². The molecule has 3 rings (SSSR count). The molecule has 25 heavy (non-hydrogen) atoms. The first-order valence-electron chi connectivity index (χ1n) is 8.12. The van der Waals surface area contributed by atoms with Gasteiger partial charge in [0.25, 0.3) is 5.56 Å². The Morgan fingerprint density at radius 2 is 1.76 bits per heavy atom. The number of aliphatic hydroxyl groups excluding tert-OH is 1. The number of fused-ring (bicyclic) bond motifs is 1. The maximum absolute atomic E-state index is 12.1. The van der Waals surface area contributed by atoms with E-state index in [4.69, 9.17) is 5.11 Å². The van der Waals surface area contributed by atoms with Crippen molar-refractivity contribution in [3.8, 4) is 0 Å². The first-order chi connectivity index (χ1) is 11.9. The van der Waals surface area contributed by atoms with Gasteiger partial charge in [0.15, 0.2) is 0 Å². The normalized spacial score (nSPS) is 11.1. The summed E-state index contributed by atoms with van der Waals surface area (Å²) in [6.07, 6.45) is 0.276. The van der Waals surface area contributed by atoms with Gasteiger partial charge in [-0.1, -0.05) is 0 Å². The Balaban J connectivity index is 2.01. The molecule has 0 spiro atoms. The fourth-order valence-corrected chi connectivity index (χ4v) is 2.78. The summed E-state index contributed by atoms with van der Waals surface area (Å²) in [5.74, 6) is 0.664. The number of benzene rings is 1. The molecule has 2 aromatic heterocycles. The predicted molar refractivity (Wildman–Crippen MR) is 97.4 cm³/mol. The highest BCUT2D eigenvalue weighted by molar-refractivity contribution is 5.83. The Labute approximate surface area is 145 Å². The van der Waals surface area contributed by atoms with E-state index in [9.17, 15) is 4.79 Å². The van der Waals surface area contributed by atoms with E-state index >= 15 is 0 Å². The van der Waals surface area contributed by atoms with Gasteiger partial charge in [-0.25, -0.2) is 15.0 Å². The van der Waals surface area contributed by atoms with Gasteiger partial charge in [-0.2, -0.15) is 0 Å². The van der Waals surface area contributed by atoms with Gasteiger partial charge in [0.1, 0.15) is 0 Å². The van der Waals surface area contributed by atoms with Crippen LogP contribution in [0.1, 0.15) is 28.1 Å². The summed E-state index contributed by atoms with van der Waals surface area (Å²) in [6.45, 7) is 7.68. The van der Waals surface area contributed by atoms with Crippen molar-refractivity contribution in [3.05, 3.63) is 50.6 Å². The van der Waals surface area contributed by atoms with Crippen LogP contribution in [0, 0.1) is 27.7 Å². The summed E-state index contributed by atoms with van der Waals surface area (Å²) in [6, 6.07) is 4.11. The van der Waals surface area contributed by atoms with Crippen LogP contribution in [-0.2, 0) is 6.42 Å². The first-order valence-corrected chi connectivity index (χ1v) is 8.12.